The molecule has 7 heteroatoms. The van der Waals surface area contributed by atoms with Gasteiger partial charge in [-0.25, -0.2) is 9.59 Å². The third kappa shape index (κ3) is 4.67. The summed E-state index contributed by atoms with van der Waals surface area (Å²) in [4.78, 5) is 39.9. The van der Waals surface area contributed by atoms with Crippen molar-refractivity contribution in [1.82, 2.24) is 4.90 Å². The summed E-state index contributed by atoms with van der Waals surface area (Å²) in [6.07, 6.45) is 9.21. The van der Waals surface area contributed by atoms with Crippen LogP contribution in [0.3, 0.4) is 0 Å². The van der Waals surface area contributed by atoms with Crippen LogP contribution < -0.4 is 0 Å². The zero-order chi connectivity index (χ0) is 23.2. The highest BCUT2D eigenvalue weighted by Crippen LogP contribution is 2.64. The molecular weight excluding hydrogens is 422 g/mol. The zero-order valence-corrected chi connectivity index (χ0v) is 20.2. The van der Waals surface area contributed by atoms with E-state index >= 15 is 0 Å². The monoisotopic (exact) mass is 461 g/mol. The summed E-state index contributed by atoms with van der Waals surface area (Å²) in [6, 6.07) is 0. The number of nitrogens with zero attached hydrogens (tertiary/aromatic N) is 1. The first-order valence-electron chi connectivity index (χ1n) is 13.1. The number of carbonyl (C=O) groups is 3. The molecule has 6 fully saturated rings. The van der Waals surface area contributed by atoms with E-state index in [1.165, 1.54) is 25.7 Å². The lowest BCUT2D eigenvalue weighted by Crippen LogP contribution is -2.57. The van der Waals surface area contributed by atoms with E-state index in [-0.39, 0.29) is 18.3 Å². The smallest absolute Gasteiger partial charge is 0.348 e. The van der Waals surface area contributed by atoms with Gasteiger partial charge in [-0.05, 0) is 96.1 Å². The Morgan fingerprint density at radius 3 is 2.21 bits per heavy atom. The zero-order valence-electron chi connectivity index (χ0n) is 20.2. The SMILES string of the molecule is CC(C)(OC(=O)C1CC(OC(=O)CCN2CCCCC2)C(=O)O1)C12CC3CC(CC(C3)C1)C2. The molecule has 4 bridgehead atoms. The molecule has 0 aromatic carbocycles. The van der Waals surface area contributed by atoms with Crippen molar-refractivity contribution in [2.24, 2.45) is 23.2 Å². The molecular formula is C26H39NO6. The lowest BCUT2D eigenvalue weighted by Gasteiger charge is -2.61. The topological polar surface area (TPSA) is 82.1 Å². The molecule has 0 amide bonds. The minimum absolute atomic E-state index is 0.0281. The van der Waals surface area contributed by atoms with Crippen molar-refractivity contribution in [2.75, 3.05) is 19.6 Å². The number of esters is 3. The van der Waals surface area contributed by atoms with Gasteiger partial charge in [-0.2, -0.15) is 0 Å². The molecule has 0 spiro atoms. The molecule has 2 aliphatic heterocycles. The number of rotatable bonds is 7. The second kappa shape index (κ2) is 8.86. The summed E-state index contributed by atoms with van der Waals surface area (Å²) in [5.41, 5.74) is -0.573. The fourth-order valence-electron chi connectivity index (χ4n) is 7.72. The maximum Gasteiger partial charge on any atom is 0.348 e. The van der Waals surface area contributed by atoms with Gasteiger partial charge >= 0.3 is 17.9 Å². The van der Waals surface area contributed by atoms with E-state index in [4.69, 9.17) is 14.2 Å². The van der Waals surface area contributed by atoms with Crippen LogP contribution in [0, 0.1) is 23.2 Å². The van der Waals surface area contributed by atoms with E-state index in [1.807, 2.05) is 13.8 Å². The molecule has 2 unspecified atom stereocenters. The fraction of sp³-hybridized carbons (Fsp3) is 0.885. The van der Waals surface area contributed by atoms with Crippen molar-refractivity contribution in [2.45, 2.75) is 102 Å². The molecule has 0 aromatic heterocycles. The van der Waals surface area contributed by atoms with Crippen LogP contribution in [-0.4, -0.2) is 60.3 Å². The van der Waals surface area contributed by atoms with Gasteiger partial charge in [-0.15, -0.1) is 0 Å². The minimum atomic E-state index is -1.01. The third-order valence-corrected chi connectivity index (χ3v) is 9.24. The standard InChI is InChI=1S/C26H39NO6/c1-25(2,26-14-17-10-18(15-26)12-19(11-17)16-26)33-24(30)21-13-20(23(29)32-21)31-22(28)6-9-27-7-4-3-5-8-27/h17-21H,3-16H2,1-2H3. The molecule has 2 atom stereocenters. The molecule has 0 radical (unpaired) electrons. The largest absolute Gasteiger partial charge is 0.456 e. The number of hydrogen-bond acceptors (Lipinski definition) is 7. The highest BCUT2D eigenvalue weighted by molar-refractivity contribution is 5.87. The second-order valence-electron chi connectivity index (χ2n) is 11.9. The van der Waals surface area contributed by atoms with Gasteiger partial charge in [0.05, 0.1) is 6.42 Å². The summed E-state index contributed by atoms with van der Waals surface area (Å²) in [6.45, 7) is 6.73. The maximum atomic E-state index is 13.0. The molecule has 2 heterocycles. The van der Waals surface area contributed by atoms with Crippen molar-refractivity contribution in [3.05, 3.63) is 0 Å². The van der Waals surface area contributed by atoms with E-state index in [2.05, 4.69) is 4.90 Å². The number of carbonyl (C=O) groups excluding carboxylic acids is 3. The molecule has 0 N–H and O–H groups in total. The minimum Gasteiger partial charge on any atom is -0.456 e. The third-order valence-electron chi connectivity index (χ3n) is 9.24. The Labute approximate surface area is 196 Å². The van der Waals surface area contributed by atoms with Crippen LogP contribution in [0.25, 0.3) is 0 Å². The Hall–Kier alpha value is -1.63. The van der Waals surface area contributed by atoms with Crippen LogP contribution in [-0.2, 0) is 28.6 Å². The predicted octanol–water partition coefficient (Wildman–Crippen LogP) is 3.63. The Balaban J connectivity index is 1.13. The molecule has 6 aliphatic rings. The molecule has 0 aromatic rings. The van der Waals surface area contributed by atoms with Crippen LogP contribution >= 0.6 is 0 Å². The Kier molecular flexibility index (Phi) is 6.21. The normalized spacial score (nSPS) is 38.2. The highest BCUT2D eigenvalue weighted by atomic mass is 16.6. The maximum absolute atomic E-state index is 13.0. The highest BCUT2D eigenvalue weighted by Gasteiger charge is 2.59. The summed E-state index contributed by atoms with van der Waals surface area (Å²) in [7, 11) is 0. The van der Waals surface area contributed by atoms with Gasteiger partial charge < -0.3 is 19.1 Å². The Morgan fingerprint density at radius 2 is 1.61 bits per heavy atom. The van der Waals surface area contributed by atoms with Gasteiger partial charge in [0.1, 0.15) is 5.60 Å². The van der Waals surface area contributed by atoms with E-state index in [0.29, 0.717) is 6.54 Å². The van der Waals surface area contributed by atoms with E-state index < -0.39 is 35.7 Å². The van der Waals surface area contributed by atoms with Gasteiger partial charge in [-0.1, -0.05) is 6.42 Å². The van der Waals surface area contributed by atoms with Gasteiger partial charge in [-0.3, -0.25) is 4.79 Å². The molecule has 33 heavy (non-hydrogen) atoms. The number of ether oxygens (including phenoxy) is 3. The summed E-state index contributed by atoms with van der Waals surface area (Å²) < 4.78 is 16.7. The van der Waals surface area contributed by atoms with Crippen LogP contribution in [0.15, 0.2) is 0 Å². The first-order valence-corrected chi connectivity index (χ1v) is 13.1. The lowest BCUT2D eigenvalue weighted by atomic mass is 9.46. The van der Waals surface area contributed by atoms with Crippen molar-refractivity contribution in [1.29, 1.82) is 0 Å². The van der Waals surface area contributed by atoms with Crippen LogP contribution in [0.2, 0.25) is 0 Å². The van der Waals surface area contributed by atoms with Crippen LogP contribution in [0.1, 0.15) is 84.5 Å². The summed E-state index contributed by atoms with van der Waals surface area (Å²) >= 11 is 0. The van der Waals surface area contributed by atoms with Crippen molar-refractivity contribution >= 4 is 17.9 Å². The Morgan fingerprint density at radius 1 is 1.00 bits per heavy atom. The molecule has 184 valence electrons. The molecule has 6 rings (SSSR count). The number of likely N-dealkylation sites (tertiary alicyclic amines) is 1. The quantitative estimate of drug-likeness (QED) is 0.423. The molecule has 4 saturated carbocycles. The van der Waals surface area contributed by atoms with E-state index in [0.717, 1.165) is 62.9 Å². The summed E-state index contributed by atoms with van der Waals surface area (Å²) in [5, 5.41) is 0. The van der Waals surface area contributed by atoms with E-state index in [9.17, 15) is 14.4 Å². The van der Waals surface area contributed by atoms with Crippen molar-refractivity contribution in [3.63, 3.8) is 0 Å². The fourth-order valence-corrected chi connectivity index (χ4v) is 7.72. The van der Waals surface area contributed by atoms with Crippen LogP contribution in [0.5, 0.6) is 0 Å². The number of hydrogen-bond donors (Lipinski definition) is 0. The van der Waals surface area contributed by atoms with Gasteiger partial charge in [0.25, 0.3) is 0 Å². The van der Waals surface area contributed by atoms with Crippen molar-refractivity contribution < 1.29 is 28.6 Å². The van der Waals surface area contributed by atoms with Gasteiger partial charge in [0.15, 0.2) is 0 Å². The molecule has 2 saturated heterocycles. The van der Waals surface area contributed by atoms with Crippen LogP contribution in [0.4, 0.5) is 0 Å². The Bertz CT molecular complexity index is 750. The molecule has 7 nitrogen and oxygen atoms in total. The molecule has 4 aliphatic carbocycles. The predicted molar refractivity (Wildman–Crippen MR) is 120 cm³/mol. The first kappa shape index (κ1) is 23.1. The lowest BCUT2D eigenvalue weighted by molar-refractivity contribution is -0.206. The summed E-state index contributed by atoms with van der Waals surface area (Å²) in [5.74, 6) is 0.712. The number of cyclic esters (lactones) is 1. The van der Waals surface area contributed by atoms with Gasteiger partial charge in [0, 0.05) is 18.4 Å². The second-order valence-corrected chi connectivity index (χ2v) is 11.9. The first-order chi connectivity index (χ1) is 15.7. The van der Waals surface area contributed by atoms with E-state index in [1.54, 1.807) is 0 Å². The average Bonchev–Trinajstić information content (AvgIpc) is 3.12. The van der Waals surface area contributed by atoms with Crippen molar-refractivity contribution in [3.8, 4) is 0 Å². The number of piperidine rings is 1. The van der Waals surface area contributed by atoms with Gasteiger partial charge in [0.2, 0.25) is 12.2 Å². The average molecular weight is 462 g/mol.